The van der Waals surface area contributed by atoms with E-state index in [9.17, 15) is 4.79 Å². The SMILES string of the molecule is CCNc1ncccc1C(=O)c1cccnc1. The van der Waals surface area contributed by atoms with Gasteiger partial charge in [-0.3, -0.25) is 9.78 Å². The maximum atomic E-state index is 12.2. The topological polar surface area (TPSA) is 54.9 Å². The second-order valence-corrected chi connectivity index (χ2v) is 3.50. The third-order valence-corrected chi connectivity index (χ3v) is 2.32. The van der Waals surface area contributed by atoms with E-state index < -0.39 is 0 Å². The predicted molar refractivity (Wildman–Crippen MR) is 66.1 cm³/mol. The van der Waals surface area contributed by atoms with Crippen LogP contribution in [0.5, 0.6) is 0 Å². The first kappa shape index (κ1) is 11.3. The van der Waals surface area contributed by atoms with Crippen LogP contribution in [0, 0.1) is 0 Å². The third kappa shape index (κ3) is 2.47. The Morgan fingerprint density at radius 2 is 2.12 bits per heavy atom. The Hall–Kier alpha value is -2.23. The summed E-state index contributed by atoms with van der Waals surface area (Å²) in [5.74, 6) is 0.547. The number of anilines is 1. The average Bonchev–Trinajstić information content (AvgIpc) is 2.40. The second-order valence-electron chi connectivity index (χ2n) is 3.50. The van der Waals surface area contributed by atoms with Gasteiger partial charge in [-0.05, 0) is 31.2 Å². The molecule has 0 radical (unpaired) electrons. The highest BCUT2D eigenvalue weighted by Gasteiger charge is 2.13. The van der Waals surface area contributed by atoms with E-state index in [0.717, 1.165) is 6.54 Å². The molecule has 0 spiro atoms. The number of aromatic nitrogens is 2. The van der Waals surface area contributed by atoms with Crippen molar-refractivity contribution in [3.8, 4) is 0 Å². The van der Waals surface area contributed by atoms with Crippen LogP contribution in [0.25, 0.3) is 0 Å². The maximum absolute atomic E-state index is 12.2. The standard InChI is InChI=1S/C13H13N3O/c1-2-15-13-11(6-4-8-16-13)12(17)10-5-3-7-14-9-10/h3-9H,2H2,1H3,(H,15,16). The molecule has 4 nitrogen and oxygen atoms in total. The maximum Gasteiger partial charge on any atom is 0.198 e. The van der Waals surface area contributed by atoms with Gasteiger partial charge >= 0.3 is 0 Å². The lowest BCUT2D eigenvalue weighted by Crippen LogP contribution is -2.09. The summed E-state index contributed by atoms with van der Waals surface area (Å²) in [5, 5.41) is 3.07. The molecule has 4 heteroatoms. The van der Waals surface area contributed by atoms with E-state index in [4.69, 9.17) is 0 Å². The summed E-state index contributed by atoms with van der Waals surface area (Å²) < 4.78 is 0. The van der Waals surface area contributed by atoms with Crippen molar-refractivity contribution in [3.63, 3.8) is 0 Å². The molecule has 0 aliphatic heterocycles. The Morgan fingerprint density at radius 3 is 2.82 bits per heavy atom. The van der Waals surface area contributed by atoms with Crippen LogP contribution < -0.4 is 5.32 Å². The van der Waals surface area contributed by atoms with E-state index in [1.54, 1.807) is 42.9 Å². The highest BCUT2D eigenvalue weighted by Crippen LogP contribution is 2.15. The number of rotatable bonds is 4. The van der Waals surface area contributed by atoms with Gasteiger partial charge in [-0.25, -0.2) is 4.98 Å². The summed E-state index contributed by atoms with van der Waals surface area (Å²) in [4.78, 5) is 20.3. The highest BCUT2D eigenvalue weighted by molar-refractivity contribution is 6.11. The van der Waals surface area contributed by atoms with Crippen LogP contribution in [0.4, 0.5) is 5.82 Å². The molecule has 2 rings (SSSR count). The van der Waals surface area contributed by atoms with Gasteiger partial charge in [-0.1, -0.05) is 0 Å². The van der Waals surface area contributed by atoms with Crippen molar-refractivity contribution in [2.45, 2.75) is 6.92 Å². The van der Waals surface area contributed by atoms with E-state index >= 15 is 0 Å². The number of pyridine rings is 2. The van der Waals surface area contributed by atoms with Gasteiger partial charge in [0, 0.05) is 30.7 Å². The molecule has 0 unspecified atom stereocenters. The second kappa shape index (κ2) is 5.21. The molecule has 0 fully saturated rings. The number of hydrogen-bond acceptors (Lipinski definition) is 4. The summed E-state index contributed by atoms with van der Waals surface area (Å²) in [6.45, 7) is 2.69. The smallest absolute Gasteiger partial charge is 0.198 e. The first-order valence-corrected chi connectivity index (χ1v) is 5.46. The lowest BCUT2D eigenvalue weighted by atomic mass is 10.1. The van der Waals surface area contributed by atoms with Crippen LogP contribution >= 0.6 is 0 Å². The van der Waals surface area contributed by atoms with Crippen molar-refractivity contribution in [2.75, 3.05) is 11.9 Å². The van der Waals surface area contributed by atoms with E-state index in [1.165, 1.54) is 0 Å². The molecule has 0 saturated carbocycles. The first-order chi connectivity index (χ1) is 8.33. The van der Waals surface area contributed by atoms with Crippen molar-refractivity contribution in [3.05, 3.63) is 54.0 Å². The van der Waals surface area contributed by atoms with Crippen molar-refractivity contribution >= 4 is 11.6 Å². The molecule has 0 atom stereocenters. The number of carbonyl (C=O) groups excluding carboxylic acids is 1. The van der Waals surface area contributed by atoms with Crippen LogP contribution in [-0.2, 0) is 0 Å². The quantitative estimate of drug-likeness (QED) is 0.813. The number of nitrogens with zero attached hydrogens (tertiary/aromatic N) is 2. The Labute approximate surface area is 99.7 Å². The monoisotopic (exact) mass is 227 g/mol. The number of hydrogen-bond donors (Lipinski definition) is 1. The summed E-state index contributed by atoms with van der Waals surface area (Å²) in [5.41, 5.74) is 1.14. The molecule has 0 aromatic carbocycles. The molecule has 2 aromatic rings. The van der Waals surface area contributed by atoms with Gasteiger partial charge in [0.05, 0.1) is 5.56 Å². The minimum atomic E-state index is -0.0675. The van der Waals surface area contributed by atoms with E-state index in [1.807, 2.05) is 6.92 Å². The Morgan fingerprint density at radius 1 is 1.29 bits per heavy atom. The van der Waals surface area contributed by atoms with E-state index in [0.29, 0.717) is 16.9 Å². The zero-order chi connectivity index (χ0) is 12.1. The normalized spacial score (nSPS) is 9.94. The summed E-state index contributed by atoms with van der Waals surface area (Å²) in [6.07, 6.45) is 4.87. The highest BCUT2D eigenvalue weighted by atomic mass is 16.1. The minimum absolute atomic E-state index is 0.0675. The van der Waals surface area contributed by atoms with Gasteiger partial charge in [0.15, 0.2) is 5.78 Å². The van der Waals surface area contributed by atoms with Gasteiger partial charge in [-0.2, -0.15) is 0 Å². The molecule has 0 bridgehead atoms. The first-order valence-electron chi connectivity index (χ1n) is 5.46. The van der Waals surface area contributed by atoms with Crippen molar-refractivity contribution in [2.24, 2.45) is 0 Å². The van der Waals surface area contributed by atoms with Crippen molar-refractivity contribution in [1.82, 2.24) is 9.97 Å². The summed E-state index contributed by atoms with van der Waals surface area (Å²) >= 11 is 0. The molecular weight excluding hydrogens is 214 g/mol. The lowest BCUT2D eigenvalue weighted by molar-refractivity contribution is 0.103. The molecule has 0 aliphatic carbocycles. The largest absolute Gasteiger partial charge is 0.370 e. The fourth-order valence-electron chi connectivity index (χ4n) is 1.55. The number of carbonyl (C=O) groups is 1. The molecule has 17 heavy (non-hydrogen) atoms. The van der Waals surface area contributed by atoms with Gasteiger partial charge in [0.25, 0.3) is 0 Å². The van der Waals surface area contributed by atoms with Gasteiger partial charge in [0.1, 0.15) is 5.82 Å². The molecule has 86 valence electrons. The zero-order valence-electron chi connectivity index (χ0n) is 9.55. The van der Waals surface area contributed by atoms with Crippen LogP contribution in [0.2, 0.25) is 0 Å². The fourth-order valence-corrected chi connectivity index (χ4v) is 1.55. The molecule has 0 saturated heterocycles. The van der Waals surface area contributed by atoms with Crippen LogP contribution in [-0.4, -0.2) is 22.3 Å². The van der Waals surface area contributed by atoms with Crippen molar-refractivity contribution in [1.29, 1.82) is 0 Å². The average molecular weight is 227 g/mol. The number of nitrogens with one attached hydrogen (secondary N) is 1. The lowest BCUT2D eigenvalue weighted by Gasteiger charge is -2.07. The van der Waals surface area contributed by atoms with Crippen LogP contribution in [0.1, 0.15) is 22.8 Å². The molecular formula is C13H13N3O. The van der Waals surface area contributed by atoms with Crippen LogP contribution in [0.15, 0.2) is 42.9 Å². The van der Waals surface area contributed by atoms with E-state index in [2.05, 4.69) is 15.3 Å². The fraction of sp³-hybridized carbons (Fsp3) is 0.154. The summed E-state index contributed by atoms with van der Waals surface area (Å²) in [6, 6.07) is 7.01. The molecule has 1 N–H and O–H groups in total. The molecule has 2 aromatic heterocycles. The van der Waals surface area contributed by atoms with Gasteiger partial charge < -0.3 is 5.32 Å². The van der Waals surface area contributed by atoms with Crippen molar-refractivity contribution < 1.29 is 4.79 Å². The minimum Gasteiger partial charge on any atom is -0.370 e. The molecule has 2 heterocycles. The Balaban J connectivity index is 2.37. The molecule has 0 aliphatic rings. The number of ketones is 1. The third-order valence-electron chi connectivity index (χ3n) is 2.32. The molecule has 0 amide bonds. The van der Waals surface area contributed by atoms with Crippen LogP contribution in [0.3, 0.4) is 0 Å². The van der Waals surface area contributed by atoms with Gasteiger partial charge in [0.2, 0.25) is 0 Å². The zero-order valence-corrected chi connectivity index (χ0v) is 9.55. The predicted octanol–water partition coefficient (Wildman–Crippen LogP) is 2.14. The Bertz CT molecular complexity index is 511. The summed E-state index contributed by atoms with van der Waals surface area (Å²) in [7, 11) is 0. The Kier molecular flexibility index (Phi) is 3.45. The van der Waals surface area contributed by atoms with Gasteiger partial charge in [-0.15, -0.1) is 0 Å². The van der Waals surface area contributed by atoms with E-state index in [-0.39, 0.29) is 5.78 Å².